The van der Waals surface area contributed by atoms with Gasteiger partial charge in [-0.3, -0.25) is 9.20 Å². The molecule has 172 valence electrons. The van der Waals surface area contributed by atoms with Crippen LogP contribution in [-0.4, -0.2) is 78.4 Å². The Bertz CT molecular complexity index is 1020. The number of aryl methyl sites for hydroxylation is 1. The highest BCUT2D eigenvalue weighted by Crippen LogP contribution is 2.24. The summed E-state index contributed by atoms with van der Waals surface area (Å²) in [5, 5.41) is 0. The topological polar surface area (TPSA) is 78.2 Å². The van der Waals surface area contributed by atoms with E-state index in [1.807, 2.05) is 22.7 Å². The third-order valence-corrected chi connectivity index (χ3v) is 7.81. The van der Waals surface area contributed by atoms with Gasteiger partial charge in [-0.15, -0.1) is 0 Å². The van der Waals surface area contributed by atoms with E-state index >= 15 is 0 Å². The first-order valence-electron chi connectivity index (χ1n) is 11.2. The molecule has 0 N–H and O–H groups in total. The van der Waals surface area contributed by atoms with Gasteiger partial charge in [0, 0.05) is 46.0 Å². The van der Waals surface area contributed by atoms with Crippen molar-refractivity contribution in [2.24, 2.45) is 5.92 Å². The lowest BCUT2D eigenvalue weighted by Crippen LogP contribution is -2.50. The van der Waals surface area contributed by atoms with Crippen LogP contribution in [0.15, 0.2) is 18.3 Å². The monoisotopic (exact) mass is 449 g/mol. The molecule has 2 aromatic rings. The lowest BCUT2D eigenvalue weighted by atomic mass is 10.1. The summed E-state index contributed by atoms with van der Waals surface area (Å²) in [5.74, 6) is 1.66. The number of rotatable bonds is 8. The van der Waals surface area contributed by atoms with E-state index in [0.717, 1.165) is 36.5 Å². The first-order valence-corrected chi connectivity index (χ1v) is 12.8. The first-order chi connectivity index (χ1) is 14.7. The minimum atomic E-state index is -3.21. The Kier molecular flexibility index (Phi) is 7.26. The van der Waals surface area contributed by atoms with Crippen molar-refractivity contribution in [3.05, 3.63) is 29.6 Å². The second-order valence-corrected chi connectivity index (χ2v) is 10.8. The van der Waals surface area contributed by atoms with Crippen molar-refractivity contribution in [2.75, 3.05) is 50.4 Å². The highest BCUT2D eigenvalue weighted by Gasteiger charge is 2.28. The molecule has 0 saturated carbocycles. The number of nitrogens with zero attached hydrogens (tertiary/aromatic N) is 5. The van der Waals surface area contributed by atoms with Gasteiger partial charge in [0.05, 0.1) is 17.0 Å². The molecule has 9 heteroatoms. The van der Waals surface area contributed by atoms with Crippen molar-refractivity contribution in [3.8, 4) is 0 Å². The summed E-state index contributed by atoms with van der Waals surface area (Å²) in [5.41, 5.74) is 2.45. The number of imidazole rings is 1. The quantitative estimate of drug-likeness (QED) is 0.619. The third-order valence-electron chi connectivity index (χ3n) is 5.93. The van der Waals surface area contributed by atoms with E-state index in [1.54, 1.807) is 11.8 Å². The molecule has 0 aliphatic carbocycles. The van der Waals surface area contributed by atoms with Crippen molar-refractivity contribution < 1.29 is 13.2 Å². The molecule has 1 aliphatic rings. The summed E-state index contributed by atoms with van der Waals surface area (Å²) in [6, 6.07) is 3.71. The number of fused-ring (bicyclic) bond motifs is 1. The Morgan fingerprint density at radius 3 is 2.42 bits per heavy atom. The molecule has 0 unspecified atom stereocenters. The number of amides is 1. The maximum atomic E-state index is 13.2. The van der Waals surface area contributed by atoms with Crippen LogP contribution in [0.2, 0.25) is 0 Å². The van der Waals surface area contributed by atoms with E-state index in [2.05, 4.69) is 32.7 Å². The number of carbonyl (C=O) groups is 1. The summed E-state index contributed by atoms with van der Waals surface area (Å²) < 4.78 is 27.7. The van der Waals surface area contributed by atoms with Crippen LogP contribution < -0.4 is 4.90 Å². The Hall–Kier alpha value is -2.13. The molecule has 31 heavy (non-hydrogen) atoms. The average molecular weight is 450 g/mol. The van der Waals surface area contributed by atoms with Gasteiger partial charge < -0.3 is 9.80 Å². The van der Waals surface area contributed by atoms with Crippen LogP contribution in [0.3, 0.4) is 0 Å². The molecule has 3 heterocycles. The predicted molar refractivity (Wildman–Crippen MR) is 124 cm³/mol. The second kappa shape index (κ2) is 9.56. The van der Waals surface area contributed by atoms with Gasteiger partial charge >= 0.3 is 0 Å². The van der Waals surface area contributed by atoms with E-state index in [-0.39, 0.29) is 11.7 Å². The Labute approximate surface area is 185 Å². The molecule has 0 atom stereocenters. The molecule has 1 amide bonds. The smallest absolute Gasteiger partial charge is 0.255 e. The lowest BCUT2D eigenvalue weighted by Gasteiger charge is -2.33. The zero-order valence-corrected chi connectivity index (χ0v) is 20.2. The van der Waals surface area contributed by atoms with Gasteiger partial charge in [-0.2, -0.15) is 4.31 Å². The van der Waals surface area contributed by atoms with E-state index in [0.29, 0.717) is 37.7 Å². The fraction of sp³-hybridized carbons (Fsp3) is 0.636. The second-order valence-electron chi connectivity index (χ2n) is 8.58. The van der Waals surface area contributed by atoms with Gasteiger partial charge in [-0.25, -0.2) is 13.4 Å². The first kappa shape index (κ1) is 23.5. The van der Waals surface area contributed by atoms with Crippen molar-refractivity contribution in [3.63, 3.8) is 0 Å². The number of hydrogen-bond acceptors (Lipinski definition) is 5. The summed E-state index contributed by atoms with van der Waals surface area (Å²) in [7, 11) is -1.14. The highest BCUT2D eigenvalue weighted by molar-refractivity contribution is 7.89. The number of pyridine rings is 1. The molecule has 0 aromatic carbocycles. The van der Waals surface area contributed by atoms with E-state index in [1.165, 1.54) is 4.31 Å². The Morgan fingerprint density at radius 2 is 1.84 bits per heavy atom. The lowest BCUT2D eigenvalue weighted by molar-refractivity contribution is 0.0697. The minimum Gasteiger partial charge on any atom is -0.359 e. The predicted octanol–water partition coefficient (Wildman–Crippen LogP) is 2.49. The standard InChI is InChI=1S/C22H35N5O3S/c1-6-19-21(24(5)11-10-17(3)4)27-16-18(8-9-20(27)23-19)22(28)25-12-14-26(15-13-25)31(29,30)7-2/h8-9,16-17H,6-7,10-15H2,1-5H3. The zero-order valence-electron chi connectivity index (χ0n) is 19.3. The van der Waals surface area contributed by atoms with Crippen LogP contribution >= 0.6 is 0 Å². The van der Waals surface area contributed by atoms with Gasteiger partial charge in [0.25, 0.3) is 5.91 Å². The minimum absolute atomic E-state index is 0.0713. The van der Waals surface area contributed by atoms with Gasteiger partial charge in [-0.1, -0.05) is 20.8 Å². The van der Waals surface area contributed by atoms with Crippen LogP contribution in [0.25, 0.3) is 5.65 Å². The number of anilines is 1. The van der Waals surface area contributed by atoms with Gasteiger partial charge in [0.2, 0.25) is 10.0 Å². The molecule has 0 radical (unpaired) electrons. The summed E-state index contributed by atoms with van der Waals surface area (Å²) in [4.78, 5) is 21.9. The van der Waals surface area contributed by atoms with Gasteiger partial charge in [0.1, 0.15) is 11.5 Å². The summed E-state index contributed by atoms with van der Waals surface area (Å²) in [6.07, 6.45) is 3.77. The highest BCUT2D eigenvalue weighted by atomic mass is 32.2. The maximum absolute atomic E-state index is 13.2. The normalized spacial score (nSPS) is 15.7. The molecule has 1 fully saturated rings. The van der Waals surface area contributed by atoms with Crippen molar-refractivity contribution in [1.82, 2.24) is 18.6 Å². The summed E-state index contributed by atoms with van der Waals surface area (Å²) in [6.45, 7) is 10.6. The molecule has 1 saturated heterocycles. The SMILES string of the molecule is CCc1nc2ccc(C(=O)N3CCN(S(=O)(=O)CC)CC3)cn2c1N(C)CCC(C)C. The Morgan fingerprint density at radius 1 is 1.16 bits per heavy atom. The molecular weight excluding hydrogens is 414 g/mol. The van der Waals surface area contributed by atoms with Crippen molar-refractivity contribution in [1.29, 1.82) is 0 Å². The largest absolute Gasteiger partial charge is 0.359 e. The molecule has 2 aromatic heterocycles. The molecule has 3 rings (SSSR count). The molecule has 0 spiro atoms. The van der Waals surface area contributed by atoms with Crippen molar-refractivity contribution >= 4 is 27.4 Å². The fourth-order valence-corrected chi connectivity index (χ4v) is 5.03. The van der Waals surface area contributed by atoms with E-state index in [4.69, 9.17) is 4.98 Å². The number of aromatic nitrogens is 2. The number of hydrogen-bond donors (Lipinski definition) is 0. The van der Waals surface area contributed by atoms with Crippen LogP contribution in [0, 0.1) is 5.92 Å². The van der Waals surface area contributed by atoms with E-state index in [9.17, 15) is 13.2 Å². The van der Waals surface area contributed by atoms with Crippen LogP contribution in [0.4, 0.5) is 5.82 Å². The third kappa shape index (κ3) is 5.03. The number of carbonyl (C=O) groups excluding carboxylic acids is 1. The average Bonchev–Trinajstić information content (AvgIpc) is 3.14. The van der Waals surface area contributed by atoms with E-state index < -0.39 is 10.0 Å². The Balaban J connectivity index is 1.83. The summed E-state index contributed by atoms with van der Waals surface area (Å²) >= 11 is 0. The molecule has 0 bridgehead atoms. The van der Waals surface area contributed by atoms with Crippen LogP contribution in [0.5, 0.6) is 0 Å². The molecule has 1 aliphatic heterocycles. The molecule has 8 nitrogen and oxygen atoms in total. The number of sulfonamides is 1. The zero-order chi connectivity index (χ0) is 22.8. The van der Waals surface area contributed by atoms with Crippen LogP contribution in [-0.2, 0) is 16.4 Å². The van der Waals surface area contributed by atoms with Gasteiger partial charge in [0.15, 0.2) is 0 Å². The fourth-order valence-electron chi connectivity index (χ4n) is 3.94. The molecular formula is C22H35N5O3S. The maximum Gasteiger partial charge on any atom is 0.255 e. The number of piperazine rings is 1. The van der Waals surface area contributed by atoms with Crippen molar-refractivity contribution in [2.45, 2.75) is 40.5 Å². The van der Waals surface area contributed by atoms with Crippen LogP contribution in [0.1, 0.15) is 50.2 Å². The van der Waals surface area contributed by atoms with Gasteiger partial charge in [-0.05, 0) is 37.8 Å².